The van der Waals surface area contributed by atoms with Gasteiger partial charge in [-0.05, 0) is 56.6 Å². The van der Waals surface area contributed by atoms with Gasteiger partial charge >= 0.3 is 0 Å². The van der Waals surface area contributed by atoms with Crippen LogP contribution in [0.1, 0.15) is 35.1 Å². The highest BCUT2D eigenvalue weighted by atomic mass is 32.1. The zero-order valence-corrected chi connectivity index (χ0v) is 18.3. The number of fused-ring (bicyclic) bond motifs is 1. The molecule has 2 aliphatic heterocycles. The van der Waals surface area contributed by atoms with Crippen molar-refractivity contribution in [2.24, 2.45) is 5.92 Å². The molecule has 1 aromatic heterocycles. The molecule has 0 aliphatic carbocycles. The van der Waals surface area contributed by atoms with Crippen LogP contribution in [0.25, 0.3) is 0 Å². The van der Waals surface area contributed by atoms with Gasteiger partial charge in [0.15, 0.2) is 0 Å². The Kier molecular flexibility index (Phi) is 6.11. The fourth-order valence-corrected chi connectivity index (χ4v) is 5.36. The molecular weight excluding hydrogens is 384 g/mol. The highest BCUT2D eigenvalue weighted by Gasteiger charge is 2.33. The molecule has 2 aliphatic rings. The summed E-state index contributed by atoms with van der Waals surface area (Å²) < 4.78 is 11.9. The first kappa shape index (κ1) is 20.2. The van der Waals surface area contributed by atoms with Gasteiger partial charge < -0.3 is 14.4 Å². The minimum absolute atomic E-state index is 0.0152. The number of ether oxygens (including phenoxy) is 2. The van der Waals surface area contributed by atoms with Crippen molar-refractivity contribution >= 4 is 17.2 Å². The lowest BCUT2D eigenvalue weighted by Gasteiger charge is -2.37. The van der Waals surface area contributed by atoms with E-state index < -0.39 is 0 Å². The summed E-state index contributed by atoms with van der Waals surface area (Å²) >= 11 is 1.88. The van der Waals surface area contributed by atoms with Gasteiger partial charge in [0.05, 0.1) is 13.7 Å². The molecule has 2 atom stereocenters. The molecule has 0 saturated carbocycles. The van der Waals surface area contributed by atoms with Gasteiger partial charge in [0.1, 0.15) is 17.6 Å². The number of amides is 1. The molecule has 1 aromatic carbocycles. The van der Waals surface area contributed by atoms with E-state index in [9.17, 15) is 4.79 Å². The zero-order chi connectivity index (χ0) is 20.4. The van der Waals surface area contributed by atoms with Crippen LogP contribution < -0.4 is 9.47 Å². The van der Waals surface area contributed by atoms with Gasteiger partial charge in [-0.1, -0.05) is 0 Å². The first-order valence-corrected chi connectivity index (χ1v) is 11.2. The first-order valence-electron chi connectivity index (χ1n) is 10.4. The van der Waals surface area contributed by atoms with Crippen molar-refractivity contribution in [1.82, 2.24) is 9.80 Å². The summed E-state index contributed by atoms with van der Waals surface area (Å²) in [6.45, 7) is 8.17. The second-order valence-corrected chi connectivity index (χ2v) is 9.55. The second-order valence-electron chi connectivity index (χ2n) is 8.18. The predicted molar refractivity (Wildman–Crippen MR) is 116 cm³/mol. The fourth-order valence-electron chi connectivity index (χ4n) is 4.42. The van der Waals surface area contributed by atoms with Gasteiger partial charge in [0.25, 0.3) is 0 Å². The number of hydrogen-bond donors (Lipinski definition) is 0. The highest BCUT2D eigenvalue weighted by Crippen LogP contribution is 2.33. The molecule has 4 rings (SSSR count). The summed E-state index contributed by atoms with van der Waals surface area (Å²) in [5, 5.41) is 0. The number of hydrogen-bond acceptors (Lipinski definition) is 5. The SMILES string of the molecule is COc1ccc2c(c1)CN(C(C)=O)C[C@@H]([C@@H]1CCCN(Cc3ccc(C)s3)C1)O2. The number of nitrogens with zero attached hydrogens (tertiary/aromatic N) is 2. The first-order chi connectivity index (χ1) is 14.0. The summed E-state index contributed by atoms with van der Waals surface area (Å²) in [5.74, 6) is 2.19. The standard InChI is InChI=1S/C23H30N2O3S/c1-16-6-8-21(29-16)14-24-10-4-5-18(12-24)23-15-25(17(2)26)13-19-11-20(27-3)7-9-22(19)28-23/h6-9,11,18,23H,4-5,10,12-15H2,1-3H3/t18-,23+/m1/s1. The van der Waals surface area contributed by atoms with Gasteiger partial charge in [-0.3, -0.25) is 9.69 Å². The maximum atomic E-state index is 12.3. The predicted octanol–water partition coefficient (Wildman–Crippen LogP) is 4.09. The van der Waals surface area contributed by atoms with Crippen LogP contribution in [-0.2, 0) is 17.9 Å². The van der Waals surface area contributed by atoms with E-state index in [1.165, 1.54) is 16.2 Å². The van der Waals surface area contributed by atoms with Crippen molar-refractivity contribution < 1.29 is 14.3 Å². The maximum absolute atomic E-state index is 12.3. The van der Waals surface area contributed by atoms with Crippen LogP contribution in [-0.4, -0.2) is 48.6 Å². The van der Waals surface area contributed by atoms with Crippen LogP contribution >= 0.6 is 11.3 Å². The Bertz CT molecular complexity index is 866. The third-order valence-electron chi connectivity index (χ3n) is 6.00. The molecule has 0 bridgehead atoms. The minimum atomic E-state index is 0.0152. The highest BCUT2D eigenvalue weighted by molar-refractivity contribution is 7.11. The molecule has 0 spiro atoms. The molecule has 0 radical (unpaired) electrons. The number of likely N-dealkylation sites (tertiary alicyclic amines) is 1. The van der Waals surface area contributed by atoms with Crippen LogP contribution in [0.3, 0.4) is 0 Å². The molecule has 5 nitrogen and oxygen atoms in total. The third-order valence-corrected chi connectivity index (χ3v) is 6.98. The Balaban J connectivity index is 1.51. The molecule has 1 amide bonds. The number of carbonyl (C=O) groups excluding carboxylic acids is 1. The Labute approximate surface area is 177 Å². The van der Waals surface area contributed by atoms with Crippen molar-refractivity contribution in [1.29, 1.82) is 0 Å². The molecule has 0 unspecified atom stereocenters. The van der Waals surface area contributed by atoms with E-state index >= 15 is 0 Å². The fraction of sp³-hybridized carbons (Fsp3) is 0.522. The van der Waals surface area contributed by atoms with Crippen LogP contribution in [0.5, 0.6) is 11.5 Å². The van der Waals surface area contributed by atoms with Crippen LogP contribution in [0.4, 0.5) is 0 Å². The molecule has 6 heteroatoms. The molecular formula is C23H30N2O3S. The Hall–Kier alpha value is -2.05. The number of rotatable bonds is 4. The lowest BCUT2D eigenvalue weighted by atomic mass is 9.92. The molecule has 29 heavy (non-hydrogen) atoms. The molecule has 1 saturated heterocycles. The van der Waals surface area contributed by atoms with Gasteiger partial charge in [-0.15, -0.1) is 11.3 Å². The average Bonchev–Trinajstić information content (AvgIpc) is 3.01. The maximum Gasteiger partial charge on any atom is 0.219 e. The number of thiophene rings is 1. The van der Waals surface area contributed by atoms with Crippen LogP contribution in [0, 0.1) is 12.8 Å². The Morgan fingerprint density at radius 3 is 2.86 bits per heavy atom. The van der Waals surface area contributed by atoms with Gasteiger partial charge in [-0.25, -0.2) is 0 Å². The number of benzene rings is 1. The second kappa shape index (κ2) is 8.76. The van der Waals surface area contributed by atoms with E-state index in [2.05, 4.69) is 24.0 Å². The van der Waals surface area contributed by atoms with Crippen molar-refractivity contribution in [3.8, 4) is 11.5 Å². The van der Waals surface area contributed by atoms with Crippen LogP contribution in [0.2, 0.25) is 0 Å². The topological polar surface area (TPSA) is 42.0 Å². The summed E-state index contributed by atoms with van der Waals surface area (Å²) in [6.07, 6.45) is 2.33. The van der Waals surface area contributed by atoms with Gasteiger partial charge in [-0.2, -0.15) is 0 Å². The van der Waals surface area contributed by atoms with E-state index in [4.69, 9.17) is 9.47 Å². The van der Waals surface area contributed by atoms with Gasteiger partial charge in [0, 0.05) is 47.8 Å². The summed E-state index contributed by atoms with van der Waals surface area (Å²) in [7, 11) is 1.66. The zero-order valence-electron chi connectivity index (χ0n) is 17.5. The average molecular weight is 415 g/mol. The molecule has 0 N–H and O–H groups in total. The smallest absolute Gasteiger partial charge is 0.219 e. The van der Waals surface area contributed by atoms with E-state index in [1.807, 2.05) is 34.4 Å². The summed E-state index contributed by atoms with van der Waals surface area (Å²) in [6, 6.07) is 10.4. The van der Waals surface area contributed by atoms with Crippen molar-refractivity contribution in [2.45, 2.75) is 45.9 Å². The Morgan fingerprint density at radius 1 is 1.28 bits per heavy atom. The van der Waals surface area contributed by atoms with Crippen molar-refractivity contribution in [3.05, 3.63) is 45.6 Å². The molecule has 3 heterocycles. The molecule has 1 fully saturated rings. The number of methoxy groups -OCH3 is 1. The van der Waals surface area contributed by atoms with E-state index in [0.29, 0.717) is 19.0 Å². The number of carbonyl (C=O) groups is 1. The molecule has 156 valence electrons. The van der Waals surface area contributed by atoms with Crippen molar-refractivity contribution in [2.75, 3.05) is 26.7 Å². The summed E-state index contributed by atoms with van der Waals surface area (Å²) in [4.78, 5) is 19.5. The summed E-state index contributed by atoms with van der Waals surface area (Å²) in [5.41, 5.74) is 1.02. The number of piperidine rings is 1. The van der Waals surface area contributed by atoms with Gasteiger partial charge in [0.2, 0.25) is 5.91 Å². The third kappa shape index (κ3) is 4.75. The lowest BCUT2D eigenvalue weighted by Crippen LogP contribution is -2.46. The normalized spacial score (nSPS) is 22.5. The quantitative estimate of drug-likeness (QED) is 0.756. The minimum Gasteiger partial charge on any atom is -0.497 e. The molecule has 2 aromatic rings. The van der Waals surface area contributed by atoms with E-state index in [-0.39, 0.29) is 12.0 Å². The van der Waals surface area contributed by atoms with Crippen LogP contribution in [0.15, 0.2) is 30.3 Å². The lowest BCUT2D eigenvalue weighted by molar-refractivity contribution is -0.130. The largest absolute Gasteiger partial charge is 0.497 e. The number of aryl methyl sites for hydroxylation is 1. The van der Waals surface area contributed by atoms with E-state index in [0.717, 1.165) is 43.1 Å². The van der Waals surface area contributed by atoms with E-state index in [1.54, 1.807) is 14.0 Å². The van der Waals surface area contributed by atoms with Crippen molar-refractivity contribution in [3.63, 3.8) is 0 Å². The monoisotopic (exact) mass is 414 g/mol. The Morgan fingerprint density at radius 2 is 2.14 bits per heavy atom.